The van der Waals surface area contributed by atoms with Gasteiger partial charge in [0.2, 0.25) is 0 Å². The van der Waals surface area contributed by atoms with Crippen LogP contribution in [0, 0.1) is 20.8 Å². The van der Waals surface area contributed by atoms with Gasteiger partial charge in [-0.25, -0.2) is 4.79 Å². The maximum Gasteiger partial charge on any atom is 0.317 e. The summed E-state index contributed by atoms with van der Waals surface area (Å²) in [6.07, 6.45) is -0.546. The Labute approximate surface area is 150 Å². The standard InChI is InChI=1S/C19H31N3O3/c1-5-20-19(24)22-10-8-21(9-11-22)12-17(23)13-25-18-15(3)7-6-14(2)16(18)4/h6-7,17,23H,5,8-13H2,1-4H3,(H,20,24). The first-order chi connectivity index (χ1) is 11.9. The molecule has 1 heterocycles. The second kappa shape index (κ2) is 9.06. The van der Waals surface area contributed by atoms with Crippen molar-refractivity contribution in [3.63, 3.8) is 0 Å². The molecule has 0 radical (unpaired) electrons. The number of aryl methyl sites for hydroxylation is 2. The summed E-state index contributed by atoms with van der Waals surface area (Å²) in [5.74, 6) is 0.875. The Balaban J connectivity index is 1.77. The van der Waals surface area contributed by atoms with Crippen LogP contribution in [0.2, 0.25) is 0 Å². The molecule has 6 heteroatoms. The maximum absolute atomic E-state index is 11.8. The van der Waals surface area contributed by atoms with E-state index in [0.717, 1.165) is 30.0 Å². The second-order valence-corrected chi connectivity index (χ2v) is 6.74. The van der Waals surface area contributed by atoms with Crippen molar-refractivity contribution in [1.29, 1.82) is 0 Å². The smallest absolute Gasteiger partial charge is 0.317 e. The fraction of sp³-hybridized carbons (Fsp3) is 0.632. The minimum absolute atomic E-state index is 0.00331. The number of rotatable bonds is 6. The van der Waals surface area contributed by atoms with Gasteiger partial charge in [0, 0.05) is 39.3 Å². The molecule has 1 saturated heterocycles. The Hall–Kier alpha value is -1.79. The maximum atomic E-state index is 11.8. The topological polar surface area (TPSA) is 65.0 Å². The Morgan fingerprint density at radius 3 is 2.48 bits per heavy atom. The highest BCUT2D eigenvalue weighted by Crippen LogP contribution is 2.25. The summed E-state index contributed by atoms with van der Waals surface area (Å²) in [6.45, 7) is 12.5. The minimum Gasteiger partial charge on any atom is -0.490 e. The number of urea groups is 1. The van der Waals surface area contributed by atoms with Crippen LogP contribution in [-0.2, 0) is 0 Å². The number of nitrogens with zero attached hydrogens (tertiary/aromatic N) is 2. The van der Waals surface area contributed by atoms with Gasteiger partial charge in [-0.2, -0.15) is 0 Å². The average Bonchev–Trinajstić information content (AvgIpc) is 2.59. The van der Waals surface area contributed by atoms with E-state index in [-0.39, 0.29) is 12.6 Å². The van der Waals surface area contributed by atoms with Crippen LogP contribution in [-0.4, -0.2) is 72.9 Å². The Bertz CT molecular complexity index is 584. The Kier molecular flexibility index (Phi) is 7.08. The van der Waals surface area contributed by atoms with Crippen molar-refractivity contribution in [3.8, 4) is 5.75 Å². The molecular weight excluding hydrogens is 318 g/mol. The number of hydrogen-bond donors (Lipinski definition) is 2. The molecule has 1 aromatic rings. The van der Waals surface area contributed by atoms with Crippen molar-refractivity contribution >= 4 is 6.03 Å². The number of carbonyl (C=O) groups is 1. The monoisotopic (exact) mass is 349 g/mol. The van der Waals surface area contributed by atoms with Gasteiger partial charge in [0.15, 0.2) is 0 Å². The van der Waals surface area contributed by atoms with Crippen LogP contribution in [0.4, 0.5) is 4.79 Å². The third-order valence-electron chi connectivity index (χ3n) is 4.75. The lowest BCUT2D eigenvalue weighted by atomic mass is 10.1. The zero-order valence-electron chi connectivity index (χ0n) is 15.8. The third kappa shape index (κ3) is 5.34. The molecule has 2 N–H and O–H groups in total. The number of nitrogens with one attached hydrogen (secondary N) is 1. The van der Waals surface area contributed by atoms with Gasteiger partial charge >= 0.3 is 6.03 Å². The van der Waals surface area contributed by atoms with E-state index in [2.05, 4.69) is 23.2 Å². The molecule has 1 aromatic carbocycles. The molecule has 0 bridgehead atoms. The first-order valence-electron chi connectivity index (χ1n) is 9.05. The average molecular weight is 349 g/mol. The lowest BCUT2D eigenvalue weighted by molar-refractivity contribution is 0.0513. The molecule has 1 fully saturated rings. The molecule has 1 atom stereocenters. The van der Waals surface area contributed by atoms with E-state index in [1.807, 2.05) is 31.7 Å². The minimum atomic E-state index is -0.546. The molecule has 0 saturated carbocycles. The number of hydrogen-bond acceptors (Lipinski definition) is 4. The summed E-state index contributed by atoms with van der Waals surface area (Å²) in [5.41, 5.74) is 3.41. The van der Waals surface area contributed by atoms with E-state index in [1.54, 1.807) is 0 Å². The van der Waals surface area contributed by atoms with Crippen LogP contribution in [0.1, 0.15) is 23.6 Å². The number of piperazine rings is 1. The number of carbonyl (C=O) groups excluding carboxylic acids is 1. The normalized spacial score (nSPS) is 16.6. The molecule has 6 nitrogen and oxygen atoms in total. The lowest BCUT2D eigenvalue weighted by Gasteiger charge is -2.35. The number of amides is 2. The molecule has 2 amide bonds. The van der Waals surface area contributed by atoms with Gasteiger partial charge in [0.1, 0.15) is 18.5 Å². The zero-order chi connectivity index (χ0) is 18.4. The van der Waals surface area contributed by atoms with E-state index in [4.69, 9.17) is 4.74 Å². The van der Waals surface area contributed by atoms with Gasteiger partial charge in [-0.15, -0.1) is 0 Å². The molecule has 140 valence electrons. The zero-order valence-corrected chi connectivity index (χ0v) is 15.8. The molecule has 25 heavy (non-hydrogen) atoms. The summed E-state index contributed by atoms with van der Waals surface area (Å²) < 4.78 is 5.89. The van der Waals surface area contributed by atoms with Crippen molar-refractivity contribution in [2.24, 2.45) is 0 Å². The first-order valence-corrected chi connectivity index (χ1v) is 9.05. The summed E-state index contributed by atoms with van der Waals surface area (Å²) in [5, 5.41) is 13.1. The first kappa shape index (κ1) is 19.5. The third-order valence-corrected chi connectivity index (χ3v) is 4.75. The summed E-state index contributed by atoms with van der Waals surface area (Å²) in [7, 11) is 0. The van der Waals surface area contributed by atoms with Crippen LogP contribution >= 0.6 is 0 Å². The van der Waals surface area contributed by atoms with Crippen LogP contribution in [0.5, 0.6) is 5.75 Å². The molecule has 1 unspecified atom stereocenters. The summed E-state index contributed by atoms with van der Waals surface area (Å²) in [4.78, 5) is 15.8. The van der Waals surface area contributed by atoms with Gasteiger partial charge in [-0.05, 0) is 44.4 Å². The lowest BCUT2D eigenvalue weighted by Crippen LogP contribution is -2.53. The van der Waals surface area contributed by atoms with E-state index in [0.29, 0.717) is 26.2 Å². The molecule has 0 aliphatic carbocycles. The fourth-order valence-corrected chi connectivity index (χ4v) is 3.07. The van der Waals surface area contributed by atoms with Gasteiger partial charge < -0.3 is 20.1 Å². The van der Waals surface area contributed by atoms with Crippen molar-refractivity contribution in [2.45, 2.75) is 33.8 Å². The van der Waals surface area contributed by atoms with Crippen molar-refractivity contribution < 1.29 is 14.6 Å². The van der Waals surface area contributed by atoms with Crippen LogP contribution < -0.4 is 10.1 Å². The summed E-state index contributed by atoms with van der Waals surface area (Å²) >= 11 is 0. The predicted octanol–water partition coefficient (Wildman–Crippen LogP) is 1.70. The highest BCUT2D eigenvalue weighted by atomic mass is 16.5. The van der Waals surface area contributed by atoms with E-state index < -0.39 is 6.10 Å². The molecule has 1 aliphatic heterocycles. The predicted molar refractivity (Wildman–Crippen MR) is 99.2 cm³/mol. The molecule has 1 aliphatic rings. The largest absolute Gasteiger partial charge is 0.490 e. The number of benzene rings is 1. The molecule has 2 rings (SSSR count). The number of β-amino-alcohol motifs (C(OH)–C–C–N with tert-alkyl or cyclic N) is 1. The van der Waals surface area contributed by atoms with Gasteiger partial charge in [-0.3, -0.25) is 4.90 Å². The number of aliphatic hydroxyl groups is 1. The highest BCUT2D eigenvalue weighted by Gasteiger charge is 2.22. The van der Waals surface area contributed by atoms with Crippen molar-refractivity contribution in [3.05, 3.63) is 28.8 Å². The quantitative estimate of drug-likeness (QED) is 0.820. The van der Waals surface area contributed by atoms with Gasteiger partial charge in [-0.1, -0.05) is 12.1 Å². The van der Waals surface area contributed by atoms with Crippen LogP contribution in [0.3, 0.4) is 0 Å². The Morgan fingerprint density at radius 1 is 1.20 bits per heavy atom. The summed E-state index contributed by atoms with van der Waals surface area (Å²) in [6, 6.07) is 4.13. The number of aliphatic hydroxyl groups excluding tert-OH is 1. The van der Waals surface area contributed by atoms with E-state index in [1.165, 1.54) is 5.56 Å². The Morgan fingerprint density at radius 2 is 1.84 bits per heavy atom. The molecule has 0 aromatic heterocycles. The fourth-order valence-electron chi connectivity index (χ4n) is 3.07. The SMILES string of the molecule is CCNC(=O)N1CCN(CC(O)COc2c(C)ccc(C)c2C)CC1. The van der Waals surface area contributed by atoms with Crippen molar-refractivity contribution in [2.75, 3.05) is 45.9 Å². The molecular formula is C19H31N3O3. The molecule has 0 spiro atoms. The van der Waals surface area contributed by atoms with Gasteiger partial charge in [0.05, 0.1) is 0 Å². The highest BCUT2D eigenvalue weighted by molar-refractivity contribution is 5.74. The van der Waals surface area contributed by atoms with E-state index in [9.17, 15) is 9.90 Å². The van der Waals surface area contributed by atoms with Crippen LogP contribution in [0.15, 0.2) is 12.1 Å². The van der Waals surface area contributed by atoms with Crippen molar-refractivity contribution in [1.82, 2.24) is 15.1 Å². The second-order valence-electron chi connectivity index (χ2n) is 6.74. The van der Waals surface area contributed by atoms with E-state index >= 15 is 0 Å². The van der Waals surface area contributed by atoms with Gasteiger partial charge in [0.25, 0.3) is 0 Å². The van der Waals surface area contributed by atoms with Crippen LogP contribution in [0.25, 0.3) is 0 Å². The number of ether oxygens (including phenoxy) is 1.